The number of hydrogen-bond donors (Lipinski definition) is 1. The van der Waals surface area contributed by atoms with Gasteiger partial charge in [0.25, 0.3) is 0 Å². The summed E-state index contributed by atoms with van der Waals surface area (Å²) in [6.45, 7) is 2.89. The van der Waals surface area contributed by atoms with E-state index in [1.165, 1.54) is 17.7 Å². The smallest absolute Gasteiger partial charge is 0.422 e. The number of alkyl halides is 3. The van der Waals surface area contributed by atoms with Gasteiger partial charge in [0.15, 0.2) is 6.61 Å². The fourth-order valence-corrected chi connectivity index (χ4v) is 2.11. The lowest BCUT2D eigenvalue weighted by Gasteiger charge is -2.12. The van der Waals surface area contributed by atoms with Crippen molar-refractivity contribution in [2.45, 2.75) is 25.9 Å². The van der Waals surface area contributed by atoms with Gasteiger partial charge in [-0.1, -0.05) is 38.1 Å². The zero-order valence-electron chi connectivity index (χ0n) is 12.4. The molecule has 0 aliphatic heterocycles. The van der Waals surface area contributed by atoms with E-state index in [1.807, 2.05) is 24.3 Å². The van der Waals surface area contributed by atoms with E-state index in [4.69, 9.17) is 5.73 Å². The van der Waals surface area contributed by atoms with E-state index < -0.39 is 12.8 Å². The van der Waals surface area contributed by atoms with Gasteiger partial charge in [0, 0.05) is 17.3 Å². The van der Waals surface area contributed by atoms with Crippen molar-refractivity contribution in [1.82, 2.24) is 0 Å². The Bertz CT molecular complexity index is 633. The molecule has 0 aliphatic carbocycles. The second-order valence-corrected chi connectivity index (χ2v) is 5.43. The molecule has 0 unspecified atom stereocenters. The van der Waals surface area contributed by atoms with Gasteiger partial charge >= 0.3 is 6.18 Å². The largest absolute Gasteiger partial charge is 0.484 e. The molecule has 0 amide bonds. The molecule has 0 aromatic heterocycles. The zero-order valence-corrected chi connectivity index (χ0v) is 12.4. The van der Waals surface area contributed by atoms with Crippen molar-refractivity contribution in [1.29, 1.82) is 0 Å². The third kappa shape index (κ3) is 4.16. The summed E-state index contributed by atoms with van der Waals surface area (Å²) >= 11 is 0. The molecule has 2 N–H and O–H groups in total. The molecule has 0 heterocycles. The molecule has 2 aromatic rings. The lowest BCUT2D eigenvalue weighted by atomic mass is 9.98. The molecule has 0 fully saturated rings. The maximum absolute atomic E-state index is 12.1. The van der Waals surface area contributed by atoms with Gasteiger partial charge in [-0.25, -0.2) is 0 Å². The predicted octanol–water partition coefficient (Wildman–Crippen LogP) is 5.00. The Hall–Kier alpha value is -2.17. The standard InChI is InChI=1S/C17H18F3NO/c1-11(2)12-3-5-13(6-4-12)15-8-7-14(9-16(15)21)22-10-17(18,19)20/h3-9,11H,10,21H2,1-2H3. The molecule has 5 heteroatoms. The number of nitrogen functional groups attached to an aromatic ring is 1. The van der Waals surface area contributed by atoms with Crippen molar-refractivity contribution in [3.63, 3.8) is 0 Å². The van der Waals surface area contributed by atoms with Crippen LogP contribution < -0.4 is 10.5 Å². The second kappa shape index (κ2) is 6.30. The lowest BCUT2D eigenvalue weighted by molar-refractivity contribution is -0.153. The van der Waals surface area contributed by atoms with Crippen molar-refractivity contribution in [3.05, 3.63) is 48.0 Å². The molecule has 2 rings (SSSR count). The molecule has 0 radical (unpaired) electrons. The third-order valence-corrected chi connectivity index (χ3v) is 3.31. The maximum atomic E-state index is 12.1. The number of ether oxygens (including phenoxy) is 1. The van der Waals surface area contributed by atoms with E-state index in [-0.39, 0.29) is 5.75 Å². The summed E-state index contributed by atoms with van der Waals surface area (Å²) in [6, 6.07) is 12.5. The van der Waals surface area contributed by atoms with E-state index in [0.717, 1.165) is 11.1 Å². The van der Waals surface area contributed by atoms with Gasteiger partial charge in [0.05, 0.1) is 0 Å². The van der Waals surface area contributed by atoms with Crippen molar-refractivity contribution < 1.29 is 17.9 Å². The topological polar surface area (TPSA) is 35.2 Å². The highest BCUT2D eigenvalue weighted by Gasteiger charge is 2.28. The molecule has 0 saturated carbocycles. The quantitative estimate of drug-likeness (QED) is 0.807. The molecule has 0 aliphatic rings. The SMILES string of the molecule is CC(C)c1ccc(-c2ccc(OCC(F)(F)F)cc2N)cc1. The van der Waals surface area contributed by atoms with Crippen LogP contribution in [-0.4, -0.2) is 12.8 Å². The third-order valence-electron chi connectivity index (χ3n) is 3.31. The molecule has 0 bridgehead atoms. The van der Waals surface area contributed by atoms with Crippen LogP contribution in [0.2, 0.25) is 0 Å². The zero-order chi connectivity index (χ0) is 16.3. The Labute approximate surface area is 127 Å². The van der Waals surface area contributed by atoms with Gasteiger partial charge < -0.3 is 10.5 Å². The van der Waals surface area contributed by atoms with Crippen LogP contribution in [-0.2, 0) is 0 Å². The van der Waals surface area contributed by atoms with Crippen LogP contribution in [0.5, 0.6) is 5.75 Å². The number of hydrogen-bond acceptors (Lipinski definition) is 2. The molecule has 0 atom stereocenters. The van der Waals surface area contributed by atoms with Crippen molar-refractivity contribution >= 4 is 5.69 Å². The van der Waals surface area contributed by atoms with Crippen LogP contribution in [0.1, 0.15) is 25.3 Å². The lowest BCUT2D eigenvalue weighted by Crippen LogP contribution is -2.19. The van der Waals surface area contributed by atoms with Crippen LogP contribution in [0.3, 0.4) is 0 Å². The summed E-state index contributed by atoms with van der Waals surface area (Å²) in [6.07, 6.45) is -4.36. The van der Waals surface area contributed by atoms with Crippen LogP contribution in [0.15, 0.2) is 42.5 Å². The number of halogens is 3. The fourth-order valence-electron chi connectivity index (χ4n) is 2.11. The molecule has 0 saturated heterocycles. The van der Waals surface area contributed by atoms with Crippen LogP contribution in [0.25, 0.3) is 11.1 Å². The fraction of sp³-hybridized carbons (Fsp3) is 0.294. The summed E-state index contributed by atoms with van der Waals surface area (Å²) in [4.78, 5) is 0. The van der Waals surface area contributed by atoms with Gasteiger partial charge in [0.2, 0.25) is 0 Å². The summed E-state index contributed by atoms with van der Waals surface area (Å²) in [5.41, 5.74) is 9.22. The summed E-state index contributed by atoms with van der Waals surface area (Å²) in [5, 5.41) is 0. The first kappa shape index (κ1) is 16.2. The van der Waals surface area contributed by atoms with E-state index in [9.17, 15) is 13.2 Å². The van der Waals surface area contributed by atoms with E-state index in [0.29, 0.717) is 11.6 Å². The first-order valence-corrected chi connectivity index (χ1v) is 6.95. The van der Waals surface area contributed by atoms with Gasteiger partial charge in [-0.15, -0.1) is 0 Å². The highest BCUT2D eigenvalue weighted by atomic mass is 19.4. The Morgan fingerprint density at radius 3 is 2.18 bits per heavy atom. The summed E-state index contributed by atoms with van der Waals surface area (Å²) in [7, 11) is 0. The number of nitrogens with two attached hydrogens (primary N) is 1. The van der Waals surface area contributed by atoms with Crippen molar-refractivity contribution in [2.75, 3.05) is 12.3 Å². The number of rotatable bonds is 4. The normalized spacial score (nSPS) is 11.7. The molecule has 118 valence electrons. The number of anilines is 1. The minimum atomic E-state index is -4.36. The Morgan fingerprint density at radius 1 is 1.05 bits per heavy atom. The van der Waals surface area contributed by atoms with E-state index >= 15 is 0 Å². The Morgan fingerprint density at radius 2 is 1.68 bits per heavy atom. The van der Waals surface area contributed by atoms with Gasteiger partial charge in [0.1, 0.15) is 5.75 Å². The van der Waals surface area contributed by atoms with Crippen LogP contribution in [0, 0.1) is 0 Å². The average Bonchev–Trinajstić information content (AvgIpc) is 2.44. The highest BCUT2D eigenvalue weighted by molar-refractivity contribution is 5.77. The Balaban J connectivity index is 2.19. The summed E-state index contributed by atoms with van der Waals surface area (Å²) < 4.78 is 41.1. The van der Waals surface area contributed by atoms with Crippen molar-refractivity contribution in [2.24, 2.45) is 0 Å². The monoisotopic (exact) mass is 309 g/mol. The minimum absolute atomic E-state index is 0.109. The van der Waals surface area contributed by atoms with Crippen LogP contribution >= 0.6 is 0 Å². The highest BCUT2D eigenvalue weighted by Crippen LogP contribution is 2.31. The van der Waals surface area contributed by atoms with Gasteiger partial charge in [-0.05, 0) is 29.2 Å². The molecular formula is C17H18F3NO. The van der Waals surface area contributed by atoms with Gasteiger partial charge in [-0.2, -0.15) is 13.2 Å². The molecular weight excluding hydrogens is 291 g/mol. The average molecular weight is 309 g/mol. The summed E-state index contributed by atoms with van der Waals surface area (Å²) in [5.74, 6) is 0.543. The van der Waals surface area contributed by atoms with E-state index in [2.05, 4.69) is 18.6 Å². The van der Waals surface area contributed by atoms with E-state index in [1.54, 1.807) is 6.07 Å². The van der Waals surface area contributed by atoms with Gasteiger partial charge in [-0.3, -0.25) is 0 Å². The predicted molar refractivity (Wildman–Crippen MR) is 81.9 cm³/mol. The van der Waals surface area contributed by atoms with Crippen molar-refractivity contribution in [3.8, 4) is 16.9 Å². The first-order valence-electron chi connectivity index (χ1n) is 6.95. The molecule has 22 heavy (non-hydrogen) atoms. The Kier molecular flexibility index (Phi) is 4.64. The van der Waals surface area contributed by atoms with Crippen LogP contribution in [0.4, 0.5) is 18.9 Å². The molecule has 0 spiro atoms. The first-order chi connectivity index (χ1) is 10.3. The molecule has 2 aromatic carbocycles. The minimum Gasteiger partial charge on any atom is -0.484 e. The number of benzene rings is 2. The maximum Gasteiger partial charge on any atom is 0.422 e. The molecule has 2 nitrogen and oxygen atoms in total. The second-order valence-electron chi connectivity index (χ2n) is 5.43.